The van der Waals surface area contributed by atoms with Crippen LogP contribution in [-0.2, 0) is 5.75 Å². The fourth-order valence-electron chi connectivity index (χ4n) is 2.58. The van der Waals surface area contributed by atoms with Crippen molar-refractivity contribution in [3.63, 3.8) is 0 Å². The Morgan fingerprint density at radius 2 is 2.05 bits per heavy atom. The van der Waals surface area contributed by atoms with Crippen molar-refractivity contribution in [2.45, 2.75) is 63.7 Å². The Bertz CT molecular complexity index is 361. The minimum atomic E-state index is 0.479. The molecule has 1 aromatic rings. The van der Waals surface area contributed by atoms with E-state index in [1.807, 2.05) is 11.8 Å². The molecule has 0 aromatic carbocycles. The van der Waals surface area contributed by atoms with Crippen LogP contribution >= 0.6 is 11.8 Å². The Hall–Kier alpha value is -0.550. The zero-order valence-corrected chi connectivity index (χ0v) is 12.8. The van der Waals surface area contributed by atoms with Crippen LogP contribution in [0.1, 0.15) is 63.6 Å². The summed E-state index contributed by atoms with van der Waals surface area (Å²) in [6, 6.07) is 0.689. The number of hydrogen-bond acceptors (Lipinski definition) is 5. The summed E-state index contributed by atoms with van der Waals surface area (Å²) in [5.41, 5.74) is 0. The van der Waals surface area contributed by atoms with Crippen LogP contribution in [0.4, 0.5) is 0 Å². The second-order valence-electron chi connectivity index (χ2n) is 5.19. The fourth-order valence-corrected chi connectivity index (χ4v) is 3.08. The lowest BCUT2D eigenvalue weighted by molar-refractivity contribution is 0.282. The van der Waals surface area contributed by atoms with Gasteiger partial charge >= 0.3 is 0 Å². The molecule has 0 aliphatic heterocycles. The summed E-state index contributed by atoms with van der Waals surface area (Å²) in [6.45, 7) is 5.50. The van der Waals surface area contributed by atoms with Gasteiger partial charge in [0.05, 0.1) is 5.75 Å². The van der Waals surface area contributed by atoms with Gasteiger partial charge < -0.3 is 9.84 Å². The number of aromatic nitrogens is 2. The van der Waals surface area contributed by atoms with E-state index in [2.05, 4.69) is 29.3 Å². The molecule has 108 valence electrons. The van der Waals surface area contributed by atoms with E-state index in [9.17, 15) is 0 Å². The molecule has 4 nitrogen and oxygen atoms in total. The molecule has 1 saturated carbocycles. The molecule has 0 amide bonds. The molecule has 0 unspecified atom stereocenters. The Morgan fingerprint density at radius 3 is 2.74 bits per heavy atom. The maximum Gasteiger partial charge on any atom is 0.229 e. The SMILES string of the molecule is CCCNC1CCC(c2nc(CSCC)no2)CC1. The lowest BCUT2D eigenvalue weighted by Crippen LogP contribution is -2.33. The lowest BCUT2D eigenvalue weighted by Gasteiger charge is -2.27. The van der Waals surface area contributed by atoms with Gasteiger partial charge in [-0.3, -0.25) is 0 Å². The molecule has 1 fully saturated rings. The average molecular weight is 283 g/mol. The average Bonchev–Trinajstić information content (AvgIpc) is 2.92. The van der Waals surface area contributed by atoms with Crippen molar-refractivity contribution in [1.82, 2.24) is 15.5 Å². The van der Waals surface area contributed by atoms with Gasteiger partial charge in [-0.15, -0.1) is 0 Å². The highest BCUT2D eigenvalue weighted by Crippen LogP contribution is 2.32. The molecule has 0 radical (unpaired) electrons. The summed E-state index contributed by atoms with van der Waals surface area (Å²) in [7, 11) is 0. The van der Waals surface area contributed by atoms with Crippen LogP contribution in [-0.4, -0.2) is 28.5 Å². The zero-order chi connectivity index (χ0) is 13.5. The van der Waals surface area contributed by atoms with Gasteiger partial charge in [0.1, 0.15) is 0 Å². The van der Waals surface area contributed by atoms with Gasteiger partial charge in [0.15, 0.2) is 5.82 Å². The summed E-state index contributed by atoms with van der Waals surface area (Å²) < 4.78 is 5.42. The monoisotopic (exact) mass is 283 g/mol. The van der Waals surface area contributed by atoms with Crippen LogP contribution in [0, 0.1) is 0 Å². The maximum absolute atomic E-state index is 5.42. The molecule has 5 heteroatoms. The van der Waals surface area contributed by atoms with E-state index in [0.717, 1.165) is 29.8 Å². The van der Waals surface area contributed by atoms with Crippen LogP contribution in [0.5, 0.6) is 0 Å². The molecular weight excluding hydrogens is 258 g/mol. The van der Waals surface area contributed by atoms with E-state index >= 15 is 0 Å². The smallest absolute Gasteiger partial charge is 0.229 e. The highest BCUT2D eigenvalue weighted by atomic mass is 32.2. The molecule has 0 bridgehead atoms. The molecule has 1 aliphatic rings. The van der Waals surface area contributed by atoms with Gasteiger partial charge in [0.25, 0.3) is 0 Å². The van der Waals surface area contributed by atoms with Gasteiger partial charge in [-0.25, -0.2) is 0 Å². The van der Waals surface area contributed by atoms with Gasteiger partial charge in [-0.1, -0.05) is 19.0 Å². The van der Waals surface area contributed by atoms with Crippen LogP contribution in [0.25, 0.3) is 0 Å². The first kappa shape index (κ1) is 14.9. The Labute approximate surface area is 120 Å². The van der Waals surface area contributed by atoms with E-state index in [4.69, 9.17) is 4.52 Å². The third-order valence-corrected chi connectivity index (χ3v) is 4.55. The number of hydrogen-bond donors (Lipinski definition) is 1. The number of rotatable bonds is 7. The molecule has 1 aliphatic carbocycles. The largest absolute Gasteiger partial charge is 0.339 e. The molecule has 1 heterocycles. The Morgan fingerprint density at radius 1 is 1.26 bits per heavy atom. The molecule has 0 saturated heterocycles. The number of nitrogens with zero attached hydrogens (tertiary/aromatic N) is 2. The highest BCUT2D eigenvalue weighted by Gasteiger charge is 2.25. The fraction of sp³-hybridized carbons (Fsp3) is 0.857. The van der Waals surface area contributed by atoms with Crippen molar-refractivity contribution in [3.8, 4) is 0 Å². The second-order valence-corrected chi connectivity index (χ2v) is 6.46. The first-order valence-electron chi connectivity index (χ1n) is 7.47. The second kappa shape index (κ2) is 7.90. The third kappa shape index (κ3) is 4.49. The number of nitrogens with one attached hydrogen (secondary N) is 1. The molecule has 1 aromatic heterocycles. The van der Waals surface area contributed by atoms with Crippen molar-refractivity contribution in [2.24, 2.45) is 0 Å². The molecule has 0 spiro atoms. The van der Waals surface area contributed by atoms with Crippen LogP contribution in [0.15, 0.2) is 4.52 Å². The van der Waals surface area contributed by atoms with Crippen LogP contribution < -0.4 is 5.32 Å². The summed E-state index contributed by atoms with van der Waals surface area (Å²) in [5, 5.41) is 7.68. The van der Waals surface area contributed by atoms with Crippen molar-refractivity contribution >= 4 is 11.8 Å². The van der Waals surface area contributed by atoms with E-state index < -0.39 is 0 Å². The van der Waals surface area contributed by atoms with Gasteiger partial charge in [-0.05, 0) is 44.4 Å². The quantitative estimate of drug-likeness (QED) is 0.831. The third-order valence-electron chi connectivity index (χ3n) is 3.68. The standard InChI is InChI=1S/C14H25N3OS/c1-3-9-15-12-7-5-11(6-8-12)14-16-13(17-18-14)10-19-4-2/h11-12,15H,3-10H2,1-2H3. The topological polar surface area (TPSA) is 51.0 Å². The van der Waals surface area contributed by atoms with Crippen molar-refractivity contribution in [1.29, 1.82) is 0 Å². The molecule has 1 N–H and O–H groups in total. The minimum absolute atomic E-state index is 0.479. The molecule has 0 atom stereocenters. The first-order chi connectivity index (χ1) is 9.33. The molecule has 2 rings (SSSR count). The minimum Gasteiger partial charge on any atom is -0.339 e. The maximum atomic E-state index is 5.42. The van der Waals surface area contributed by atoms with Gasteiger partial charge in [0.2, 0.25) is 5.89 Å². The van der Waals surface area contributed by atoms with E-state index in [1.165, 1.54) is 32.1 Å². The predicted octanol–water partition coefficient (Wildman–Crippen LogP) is 3.35. The number of thioether (sulfide) groups is 1. The summed E-state index contributed by atoms with van der Waals surface area (Å²) in [6.07, 6.45) is 6.01. The normalized spacial score (nSPS) is 23.7. The Kier molecular flexibility index (Phi) is 6.17. The molecule has 19 heavy (non-hydrogen) atoms. The lowest BCUT2D eigenvalue weighted by atomic mass is 9.86. The van der Waals surface area contributed by atoms with Crippen LogP contribution in [0.2, 0.25) is 0 Å². The van der Waals surface area contributed by atoms with Crippen molar-refractivity contribution < 1.29 is 4.52 Å². The highest BCUT2D eigenvalue weighted by molar-refractivity contribution is 7.98. The summed E-state index contributed by atoms with van der Waals surface area (Å²) in [4.78, 5) is 4.54. The first-order valence-corrected chi connectivity index (χ1v) is 8.62. The van der Waals surface area contributed by atoms with Gasteiger partial charge in [0, 0.05) is 12.0 Å². The van der Waals surface area contributed by atoms with Crippen molar-refractivity contribution in [2.75, 3.05) is 12.3 Å². The van der Waals surface area contributed by atoms with Crippen molar-refractivity contribution in [3.05, 3.63) is 11.7 Å². The van der Waals surface area contributed by atoms with E-state index in [-0.39, 0.29) is 0 Å². The van der Waals surface area contributed by atoms with E-state index in [0.29, 0.717) is 12.0 Å². The summed E-state index contributed by atoms with van der Waals surface area (Å²) >= 11 is 1.84. The van der Waals surface area contributed by atoms with Gasteiger partial charge in [-0.2, -0.15) is 16.7 Å². The zero-order valence-electron chi connectivity index (χ0n) is 12.0. The van der Waals surface area contributed by atoms with Crippen LogP contribution in [0.3, 0.4) is 0 Å². The summed E-state index contributed by atoms with van der Waals surface area (Å²) in [5.74, 6) is 4.16. The predicted molar refractivity (Wildman–Crippen MR) is 79.4 cm³/mol. The molecular formula is C14H25N3OS. The Balaban J connectivity index is 1.78. The van der Waals surface area contributed by atoms with E-state index in [1.54, 1.807) is 0 Å².